The van der Waals surface area contributed by atoms with Gasteiger partial charge in [0, 0.05) is 30.4 Å². The second-order valence-corrected chi connectivity index (χ2v) is 6.08. The van der Waals surface area contributed by atoms with Crippen molar-refractivity contribution in [2.45, 2.75) is 32.4 Å². The summed E-state index contributed by atoms with van der Waals surface area (Å²) in [6.45, 7) is 2.78. The van der Waals surface area contributed by atoms with Crippen molar-refractivity contribution in [3.8, 4) is 11.6 Å². The van der Waals surface area contributed by atoms with Crippen molar-refractivity contribution in [3.63, 3.8) is 0 Å². The minimum absolute atomic E-state index is 0.338. The van der Waals surface area contributed by atoms with Crippen LogP contribution in [0.15, 0.2) is 34.8 Å². The first kappa shape index (κ1) is 14.5. The largest absolute Gasteiger partial charge is 0.438 e. The van der Waals surface area contributed by atoms with Crippen molar-refractivity contribution in [1.29, 1.82) is 0 Å². The van der Waals surface area contributed by atoms with Gasteiger partial charge in [0.1, 0.15) is 11.6 Å². The number of nitrogens with zero attached hydrogens (tertiary/aromatic N) is 1. The molecule has 0 amide bonds. The Morgan fingerprint density at radius 3 is 2.86 bits per heavy atom. The third-order valence-corrected chi connectivity index (χ3v) is 4.09. The van der Waals surface area contributed by atoms with Gasteiger partial charge in [0.2, 0.25) is 5.88 Å². The van der Waals surface area contributed by atoms with Crippen LogP contribution in [0.4, 0.5) is 4.39 Å². The number of hydrogen-bond donors (Lipinski definition) is 1. The number of hydrogen-bond acceptors (Lipinski definition) is 3. The number of rotatable bonds is 5. The van der Waals surface area contributed by atoms with E-state index in [1.807, 2.05) is 19.1 Å². The molecule has 0 bridgehead atoms. The molecule has 2 aromatic rings. The normalized spacial score (nSPS) is 14.2. The van der Waals surface area contributed by atoms with Gasteiger partial charge in [0.05, 0.1) is 4.47 Å². The van der Waals surface area contributed by atoms with Crippen LogP contribution < -0.4 is 10.1 Å². The van der Waals surface area contributed by atoms with Gasteiger partial charge in [0.25, 0.3) is 0 Å². The Morgan fingerprint density at radius 2 is 2.14 bits per heavy atom. The van der Waals surface area contributed by atoms with E-state index in [4.69, 9.17) is 4.74 Å². The summed E-state index contributed by atoms with van der Waals surface area (Å²) in [7, 11) is 0. The highest BCUT2D eigenvalue weighted by Gasteiger charge is 2.20. The van der Waals surface area contributed by atoms with E-state index in [9.17, 15) is 4.39 Å². The maximum absolute atomic E-state index is 13.2. The quantitative estimate of drug-likeness (QED) is 0.870. The molecule has 110 valence electrons. The summed E-state index contributed by atoms with van der Waals surface area (Å²) in [4.78, 5) is 4.43. The average Bonchev–Trinajstić information content (AvgIpc) is 3.26. The first-order chi connectivity index (χ1) is 10.1. The molecular weight excluding hydrogens is 335 g/mol. The molecule has 3 rings (SSSR count). The summed E-state index contributed by atoms with van der Waals surface area (Å²) in [5, 5.41) is 3.46. The van der Waals surface area contributed by atoms with Gasteiger partial charge < -0.3 is 10.1 Å². The predicted molar refractivity (Wildman–Crippen MR) is 83.0 cm³/mol. The molecule has 1 saturated carbocycles. The van der Waals surface area contributed by atoms with Crippen molar-refractivity contribution >= 4 is 15.9 Å². The number of ether oxygens (including phenoxy) is 1. The summed E-state index contributed by atoms with van der Waals surface area (Å²) in [6, 6.07) is 8.81. The predicted octanol–water partition coefficient (Wildman–Crippen LogP) is 4.34. The molecule has 21 heavy (non-hydrogen) atoms. The Bertz CT molecular complexity index is 659. The zero-order valence-corrected chi connectivity index (χ0v) is 13.3. The fourth-order valence-electron chi connectivity index (χ4n) is 2.02. The topological polar surface area (TPSA) is 34.1 Å². The van der Waals surface area contributed by atoms with E-state index in [0.29, 0.717) is 22.1 Å². The van der Waals surface area contributed by atoms with Crippen LogP contribution in [0.25, 0.3) is 0 Å². The van der Waals surface area contributed by atoms with Crippen LogP contribution in [0.3, 0.4) is 0 Å². The molecule has 0 spiro atoms. The van der Waals surface area contributed by atoms with Crippen LogP contribution in [0.2, 0.25) is 0 Å². The van der Waals surface area contributed by atoms with E-state index in [2.05, 4.69) is 26.2 Å². The summed E-state index contributed by atoms with van der Waals surface area (Å²) < 4.78 is 19.6. The van der Waals surface area contributed by atoms with Gasteiger partial charge in [-0.1, -0.05) is 6.07 Å². The SMILES string of the molecule is Cc1nc(Oc2cc(F)ccc2Br)ccc1CNC1CC1. The number of halogens is 2. The van der Waals surface area contributed by atoms with Gasteiger partial charge in [-0.25, -0.2) is 9.37 Å². The van der Waals surface area contributed by atoms with E-state index >= 15 is 0 Å². The Labute approximate surface area is 131 Å². The van der Waals surface area contributed by atoms with Gasteiger partial charge in [-0.15, -0.1) is 0 Å². The first-order valence-corrected chi connectivity index (χ1v) is 7.74. The second-order valence-electron chi connectivity index (χ2n) is 5.23. The van der Waals surface area contributed by atoms with Crippen LogP contribution in [0, 0.1) is 12.7 Å². The number of aryl methyl sites for hydroxylation is 1. The number of nitrogens with one attached hydrogen (secondary N) is 1. The highest BCUT2D eigenvalue weighted by atomic mass is 79.9. The van der Waals surface area contributed by atoms with E-state index < -0.39 is 0 Å². The Morgan fingerprint density at radius 1 is 1.33 bits per heavy atom. The molecule has 0 atom stereocenters. The lowest BCUT2D eigenvalue weighted by molar-refractivity contribution is 0.453. The molecule has 0 aliphatic heterocycles. The summed E-state index contributed by atoms with van der Waals surface area (Å²) in [6.07, 6.45) is 2.53. The summed E-state index contributed by atoms with van der Waals surface area (Å²) in [5.41, 5.74) is 2.08. The molecule has 0 radical (unpaired) electrons. The Balaban J connectivity index is 1.73. The smallest absolute Gasteiger partial charge is 0.219 e. The molecule has 1 N–H and O–H groups in total. The van der Waals surface area contributed by atoms with Gasteiger partial charge in [0.15, 0.2) is 0 Å². The molecule has 1 aliphatic rings. The lowest BCUT2D eigenvalue weighted by Gasteiger charge is -2.10. The Kier molecular flexibility index (Phi) is 4.22. The number of benzene rings is 1. The number of aromatic nitrogens is 1. The van der Waals surface area contributed by atoms with E-state index in [1.165, 1.54) is 25.0 Å². The fourth-order valence-corrected chi connectivity index (χ4v) is 2.35. The molecule has 3 nitrogen and oxygen atoms in total. The van der Waals surface area contributed by atoms with Crippen molar-refractivity contribution in [2.75, 3.05) is 0 Å². The summed E-state index contributed by atoms with van der Waals surface area (Å²) >= 11 is 3.34. The van der Waals surface area contributed by atoms with Crippen molar-refractivity contribution in [1.82, 2.24) is 10.3 Å². The third kappa shape index (κ3) is 3.80. The minimum Gasteiger partial charge on any atom is -0.438 e. The lowest BCUT2D eigenvalue weighted by atomic mass is 10.2. The first-order valence-electron chi connectivity index (χ1n) is 6.94. The molecule has 0 saturated heterocycles. The fraction of sp³-hybridized carbons (Fsp3) is 0.312. The second kappa shape index (κ2) is 6.12. The zero-order valence-electron chi connectivity index (χ0n) is 11.7. The minimum atomic E-state index is -0.338. The van der Waals surface area contributed by atoms with Crippen LogP contribution in [0.5, 0.6) is 11.6 Å². The maximum Gasteiger partial charge on any atom is 0.219 e. The molecule has 1 fully saturated rings. The van der Waals surface area contributed by atoms with E-state index in [1.54, 1.807) is 6.07 Å². The Hall–Kier alpha value is -1.46. The maximum atomic E-state index is 13.2. The standard InChI is InChI=1S/C16H16BrFN2O/c1-10-11(9-19-13-4-5-13)2-7-16(20-10)21-15-8-12(18)3-6-14(15)17/h2-3,6-8,13,19H,4-5,9H2,1H3. The van der Waals surface area contributed by atoms with Gasteiger partial charge in [-0.2, -0.15) is 0 Å². The molecular formula is C16H16BrFN2O. The molecule has 5 heteroatoms. The highest BCUT2D eigenvalue weighted by molar-refractivity contribution is 9.10. The van der Waals surface area contributed by atoms with Gasteiger partial charge in [-0.3, -0.25) is 0 Å². The molecule has 1 aliphatic carbocycles. The summed E-state index contributed by atoms with van der Waals surface area (Å²) in [5.74, 6) is 0.551. The monoisotopic (exact) mass is 350 g/mol. The van der Waals surface area contributed by atoms with E-state index in [0.717, 1.165) is 17.8 Å². The van der Waals surface area contributed by atoms with Crippen LogP contribution in [-0.2, 0) is 6.54 Å². The van der Waals surface area contributed by atoms with Gasteiger partial charge in [-0.05, 0) is 53.4 Å². The zero-order chi connectivity index (χ0) is 14.8. The van der Waals surface area contributed by atoms with Crippen molar-refractivity contribution in [2.24, 2.45) is 0 Å². The van der Waals surface area contributed by atoms with Crippen LogP contribution in [-0.4, -0.2) is 11.0 Å². The average molecular weight is 351 g/mol. The van der Waals surface area contributed by atoms with Crippen LogP contribution in [0.1, 0.15) is 24.1 Å². The molecule has 0 unspecified atom stereocenters. The van der Waals surface area contributed by atoms with Crippen molar-refractivity contribution in [3.05, 3.63) is 51.9 Å². The highest BCUT2D eigenvalue weighted by Crippen LogP contribution is 2.30. The third-order valence-electron chi connectivity index (χ3n) is 3.44. The molecule has 1 heterocycles. The molecule has 1 aromatic carbocycles. The van der Waals surface area contributed by atoms with Crippen molar-refractivity contribution < 1.29 is 9.13 Å². The van der Waals surface area contributed by atoms with Crippen LogP contribution >= 0.6 is 15.9 Å². The number of pyridine rings is 1. The molecule has 1 aromatic heterocycles. The van der Waals surface area contributed by atoms with E-state index in [-0.39, 0.29) is 5.82 Å². The van der Waals surface area contributed by atoms with Gasteiger partial charge >= 0.3 is 0 Å². The lowest BCUT2D eigenvalue weighted by Crippen LogP contribution is -2.16.